The first-order valence-corrected chi connectivity index (χ1v) is 17.9. The van der Waals surface area contributed by atoms with E-state index in [1.165, 1.54) is 0 Å². The maximum absolute atomic E-state index is 15.0. The van der Waals surface area contributed by atoms with Gasteiger partial charge in [-0.15, -0.1) is 0 Å². The second-order valence-corrected chi connectivity index (χ2v) is 17.5. The van der Waals surface area contributed by atoms with Crippen molar-refractivity contribution >= 4 is 50.5 Å². The second kappa shape index (κ2) is 13.0. The van der Waals surface area contributed by atoms with Crippen LogP contribution in [0.4, 0.5) is 5.69 Å². The number of hydrogen-bond acceptors (Lipinski definition) is 5. The van der Waals surface area contributed by atoms with Crippen LogP contribution in [0.3, 0.4) is 0 Å². The zero-order valence-electron chi connectivity index (χ0n) is 26.5. The lowest BCUT2D eigenvalue weighted by Gasteiger charge is -2.52. The lowest BCUT2D eigenvalue weighted by atomic mass is 9.66. The molecule has 1 saturated heterocycles. The summed E-state index contributed by atoms with van der Waals surface area (Å²) < 4.78 is 26.5. The summed E-state index contributed by atoms with van der Waals surface area (Å²) in [6.07, 6.45) is 1.86. The van der Waals surface area contributed by atoms with Gasteiger partial charge in [0.05, 0.1) is 33.6 Å². The maximum Gasteiger partial charge on any atom is 0.229 e. The Morgan fingerprint density at radius 2 is 1.67 bits per heavy atom. The lowest BCUT2D eigenvalue weighted by Crippen LogP contribution is -2.59. The Hall–Kier alpha value is -3.38. The molecule has 4 atom stereocenters. The molecule has 2 amide bonds. The number of carbonyl (C=O) groups is 2. The van der Waals surface area contributed by atoms with E-state index in [1.807, 2.05) is 30.3 Å². The van der Waals surface area contributed by atoms with Gasteiger partial charge in [-0.1, -0.05) is 54.4 Å². The van der Waals surface area contributed by atoms with Gasteiger partial charge in [-0.05, 0) is 106 Å². The van der Waals surface area contributed by atoms with Gasteiger partial charge in [0.15, 0.2) is 9.84 Å². The zero-order chi connectivity index (χ0) is 33.4. The number of nitriles is 1. The predicted molar refractivity (Wildman–Crippen MR) is 182 cm³/mol. The molecule has 1 heterocycles. The summed E-state index contributed by atoms with van der Waals surface area (Å²) in [5.41, 5.74) is 1.57. The number of likely N-dealkylation sites (tertiary alicyclic amines) is 1. The standard InChI is InChI=1S/C36H39Cl2N3O4S/c1-35(2,3)46(44,45)22-31(24-10-11-24)41-33(25-12-14-27(37)15-13-25)30(26-6-5-7-28(38)18-26)19-36(4,34(41)43)20-32(42)40-29-16-8-23(21-39)9-17-29/h5-9,12-18,24,30-31,33H,10-11,19-20,22H2,1-4H3,(H,40,42)/t30-,31-,33-,36-/m1/s1. The summed E-state index contributed by atoms with van der Waals surface area (Å²) in [4.78, 5) is 30.4. The molecule has 3 aromatic rings. The van der Waals surface area contributed by atoms with E-state index in [4.69, 9.17) is 28.5 Å². The normalized spacial score (nSPS) is 22.6. The van der Waals surface area contributed by atoms with Crippen LogP contribution >= 0.6 is 23.2 Å². The van der Waals surface area contributed by atoms with Crippen LogP contribution in [0.2, 0.25) is 10.0 Å². The van der Waals surface area contributed by atoms with Crippen LogP contribution in [0.5, 0.6) is 0 Å². The van der Waals surface area contributed by atoms with Crippen molar-refractivity contribution in [2.45, 2.75) is 76.1 Å². The second-order valence-electron chi connectivity index (χ2n) is 13.8. The summed E-state index contributed by atoms with van der Waals surface area (Å²) in [6.45, 7) is 6.87. The first-order chi connectivity index (χ1) is 21.6. The van der Waals surface area contributed by atoms with Crippen molar-refractivity contribution in [1.82, 2.24) is 4.90 Å². The van der Waals surface area contributed by atoms with E-state index in [-0.39, 0.29) is 35.8 Å². The molecule has 0 radical (unpaired) electrons. The Morgan fingerprint density at radius 1 is 1.02 bits per heavy atom. The molecule has 0 unspecified atom stereocenters. The fourth-order valence-electron chi connectivity index (χ4n) is 6.50. The first kappa shape index (κ1) is 34.0. The highest BCUT2D eigenvalue weighted by Gasteiger charge is 2.55. The predicted octanol–water partition coefficient (Wildman–Crippen LogP) is 7.95. The molecule has 0 spiro atoms. The van der Waals surface area contributed by atoms with E-state index >= 15 is 0 Å². The van der Waals surface area contributed by atoms with E-state index < -0.39 is 32.1 Å². The lowest BCUT2D eigenvalue weighted by molar-refractivity contribution is -0.156. The molecular formula is C36H39Cl2N3O4S. The van der Waals surface area contributed by atoms with Gasteiger partial charge in [0.1, 0.15) is 0 Å². The SMILES string of the molecule is CC(C)(C)S(=O)(=O)C[C@H](C1CC1)N1C(=O)[C@@](C)(CC(=O)Nc2ccc(C#N)cc2)C[C@H](c2cccc(Cl)c2)[C@H]1c1ccc(Cl)cc1. The Balaban J connectivity index is 1.62. The molecule has 5 rings (SSSR count). The Kier molecular flexibility index (Phi) is 9.62. The van der Waals surface area contributed by atoms with Gasteiger partial charge in [-0.2, -0.15) is 5.26 Å². The van der Waals surface area contributed by atoms with Crippen molar-refractivity contribution in [3.05, 3.63) is 99.5 Å². The summed E-state index contributed by atoms with van der Waals surface area (Å²) in [5, 5.41) is 13.1. The Morgan fingerprint density at radius 3 is 2.24 bits per heavy atom. The van der Waals surface area contributed by atoms with Crippen LogP contribution in [0, 0.1) is 22.7 Å². The molecule has 3 aromatic carbocycles. The number of sulfone groups is 1. The summed E-state index contributed by atoms with van der Waals surface area (Å²) in [7, 11) is -3.62. The van der Waals surface area contributed by atoms with Gasteiger partial charge < -0.3 is 10.2 Å². The van der Waals surface area contributed by atoms with E-state index in [0.717, 1.165) is 24.0 Å². The molecule has 1 aliphatic carbocycles. The number of carbonyl (C=O) groups excluding carboxylic acids is 2. The fourth-order valence-corrected chi connectivity index (χ4v) is 8.21. The average molecular weight is 681 g/mol. The highest BCUT2D eigenvalue weighted by Crippen LogP contribution is 2.54. The minimum Gasteiger partial charge on any atom is -0.330 e. The van der Waals surface area contributed by atoms with E-state index in [2.05, 4.69) is 11.4 Å². The molecule has 242 valence electrons. The molecule has 1 aliphatic heterocycles. The molecule has 0 aromatic heterocycles. The van der Waals surface area contributed by atoms with Gasteiger partial charge in [0.2, 0.25) is 11.8 Å². The first-order valence-electron chi connectivity index (χ1n) is 15.5. The van der Waals surface area contributed by atoms with Gasteiger partial charge in [-0.25, -0.2) is 8.42 Å². The number of hydrogen-bond donors (Lipinski definition) is 1. The van der Waals surface area contributed by atoms with E-state index in [9.17, 15) is 18.0 Å². The summed E-state index contributed by atoms with van der Waals surface area (Å²) in [6, 6.07) is 22.4. The average Bonchev–Trinajstić information content (AvgIpc) is 3.83. The van der Waals surface area contributed by atoms with Crippen LogP contribution in [-0.2, 0) is 19.4 Å². The van der Waals surface area contributed by atoms with Gasteiger partial charge in [0, 0.05) is 34.1 Å². The largest absolute Gasteiger partial charge is 0.330 e. The maximum atomic E-state index is 15.0. The number of nitrogens with one attached hydrogen (secondary N) is 1. The van der Waals surface area contributed by atoms with E-state index in [1.54, 1.807) is 75.1 Å². The summed E-state index contributed by atoms with van der Waals surface area (Å²) in [5.74, 6) is -1.05. The third-order valence-corrected chi connectivity index (χ3v) is 12.4. The van der Waals surface area contributed by atoms with Crippen molar-refractivity contribution in [1.29, 1.82) is 5.26 Å². The highest BCUT2D eigenvalue weighted by atomic mass is 35.5. The minimum absolute atomic E-state index is 0.0192. The van der Waals surface area contributed by atoms with Crippen LogP contribution in [0.1, 0.15) is 82.0 Å². The van der Waals surface area contributed by atoms with Crippen molar-refractivity contribution in [3.8, 4) is 6.07 Å². The number of rotatable bonds is 9. The van der Waals surface area contributed by atoms with Crippen LogP contribution < -0.4 is 5.32 Å². The fraction of sp³-hybridized carbons (Fsp3) is 0.417. The van der Waals surface area contributed by atoms with Gasteiger partial charge in [-0.3, -0.25) is 9.59 Å². The molecule has 1 N–H and O–H groups in total. The number of piperidine rings is 1. The van der Waals surface area contributed by atoms with Crippen LogP contribution in [0.15, 0.2) is 72.8 Å². The molecule has 2 fully saturated rings. The van der Waals surface area contributed by atoms with Crippen molar-refractivity contribution in [3.63, 3.8) is 0 Å². The minimum atomic E-state index is -3.62. The number of nitrogens with zero attached hydrogens (tertiary/aromatic N) is 2. The van der Waals surface area contributed by atoms with Crippen molar-refractivity contribution in [2.75, 3.05) is 11.1 Å². The van der Waals surface area contributed by atoms with Crippen molar-refractivity contribution < 1.29 is 18.0 Å². The molecule has 46 heavy (non-hydrogen) atoms. The number of amides is 2. The van der Waals surface area contributed by atoms with Crippen LogP contribution in [0.25, 0.3) is 0 Å². The molecule has 2 aliphatic rings. The van der Waals surface area contributed by atoms with E-state index in [0.29, 0.717) is 27.7 Å². The number of halogens is 2. The summed E-state index contributed by atoms with van der Waals surface area (Å²) >= 11 is 12.8. The topological polar surface area (TPSA) is 107 Å². The molecular weight excluding hydrogens is 641 g/mol. The smallest absolute Gasteiger partial charge is 0.229 e. The van der Waals surface area contributed by atoms with Crippen LogP contribution in [-0.4, -0.2) is 41.7 Å². The van der Waals surface area contributed by atoms with Gasteiger partial charge >= 0.3 is 0 Å². The Labute approximate surface area is 281 Å². The highest BCUT2D eigenvalue weighted by molar-refractivity contribution is 7.92. The molecule has 7 nitrogen and oxygen atoms in total. The number of benzene rings is 3. The third-order valence-electron chi connectivity index (χ3n) is 9.29. The zero-order valence-corrected chi connectivity index (χ0v) is 28.8. The monoisotopic (exact) mass is 679 g/mol. The molecule has 1 saturated carbocycles. The van der Waals surface area contributed by atoms with Crippen molar-refractivity contribution in [2.24, 2.45) is 11.3 Å². The molecule has 0 bridgehead atoms. The Bertz CT molecular complexity index is 1760. The molecule has 10 heteroatoms. The third kappa shape index (κ3) is 7.27. The van der Waals surface area contributed by atoms with Gasteiger partial charge in [0.25, 0.3) is 0 Å². The number of anilines is 1. The quantitative estimate of drug-likeness (QED) is 0.247.